The molecule has 0 aromatic rings. The van der Waals surface area contributed by atoms with Crippen molar-refractivity contribution in [3.05, 3.63) is 0 Å². The Bertz CT molecular complexity index is 308. The molecule has 0 saturated heterocycles. The highest BCUT2D eigenvalue weighted by Gasteiger charge is 2.43. The number of guanidine groups is 1. The lowest BCUT2D eigenvalue weighted by Gasteiger charge is -2.23. The van der Waals surface area contributed by atoms with Gasteiger partial charge in [0, 0.05) is 9.29 Å². The maximum Gasteiger partial charge on any atom is 0.329 e. The van der Waals surface area contributed by atoms with E-state index in [1.165, 1.54) is 0 Å². The fourth-order valence-corrected chi connectivity index (χ4v) is 0.660. The van der Waals surface area contributed by atoms with Gasteiger partial charge in [-0.2, -0.15) is 0 Å². The summed E-state index contributed by atoms with van der Waals surface area (Å²) in [6, 6.07) is 0. The molecular weight excluding hydrogens is 210 g/mol. The Hall–Kier alpha value is -1.44. The third kappa shape index (κ3) is 4.07. The van der Waals surface area contributed by atoms with Crippen LogP contribution in [0.15, 0.2) is 0 Å². The highest BCUT2D eigenvalue weighted by atomic mass is 19.3. The maximum atomic E-state index is 12.5. The quantitative estimate of drug-likeness (QED) is 0.303. The minimum atomic E-state index is -3.48. The van der Waals surface area contributed by atoms with Crippen LogP contribution in [-0.2, 0) is 4.79 Å². The molecule has 0 aromatic heterocycles. The lowest BCUT2D eigenvalue weighted by Crippen LogP contribution is -2.54. The fraction of sp³-hybridized carbons (Fsp3) is 0.714. The highest BCUT2D eigenvalue weighted by molar-refractivity contribution is 5.79. The molecule has 3 atom stereocenters. The van der Waals surface area contributed by atoms with Gasteiger partial charge >= 0.3 is 5.97 Å². The van der Waals surface area contributed by atoms with E-state index < -0.39 is 43.2 Å². The molecule has 0 aliphatic carbocycles. The molecule has 0 aliphatic rings. The van der Waals surface area contributed by atoms with Crippen LogP contribution < -0.4 is 16.8 Å². The largest absolute Gasteiger partial charge is 0.480 e. The first-order valence-electron chi connectivity index (χ1n) is 5.02. The number of carbonyl (C=O) groups is 1. The van der Waals surface area contributed by atoms with Crippen LogP contribution in [0.25, 0.3) is 0 Å². The molecule has 15 heavy (non-hydrogen) atoms. The van der Waals surface area contributed by atoms with Crippen molar-refractivity contribution in [3.8, 4) is 0 Å². The first-order valence-corrected chi connectivity index (χ1v) is 3.86. The summed E-state index contributed by atoms with van der Waals surface area (Å²) in [6.07, 6.45) is -7.10. The Balaban J connectivity index is 4.79. The topological polar surface area (TPSA) is 125 Å². The van der Waals surface area contributed by atoms with E-state index in [1.807, 2.05) is 0 Å². The Morgan fingerprint density at radius 1 is 1.73 bits per heavy atom. The zero-order valence-electron chi connectivity index (χ0n) is 9.71. The number of carboxylic acids is 1. The average Bonchev–Trinajstić information content (AvgIpc) is 2.22. The van der Waals surface area contributed by atoms with Crippen molar-refractivity contribution >= 4 is 11.9 Å². The van der Waals surface area contributed by atoms with Gasteiger partial charge in [0.15, 0.2) is 11.5 Å². The number of hydrogen-bond acceptors (Lipinski definition) is 3. The van der Waals surface area contributed by atoms with Gasteiger partial charge in [0.05, 0.1) is 0 Å². The number of nitrogens with two attached hydrogens (primary N) is 2. The standard InChI is InChI=1S/C7H14F2N4O2/c8-4(9)7(12,5(14)15)2-1-3-13-6(10)11/h4H,1-3,12H2,(H,14,15)(H4,10,11,13)/t7-/m1/s1/i1T,2T/t1?,2?,7-. The van der Waals surface area contributed by atoms with Gasteiger partial charge < -0.3 is 21.9 Å². The van der Waals surface area contributed by atoms with Crippen LogP contribution in [0.4, 0.5) is 8.78 Å². The average molecular weight is 228 g/mol. The van der Waals surface area contributed by atoms with E-state index in [2.05, 4.69) is 5.32 Å². The minimum Gasteiger partial charge on any atom is -0.480 e. The summed E-state index contributed by atoms with van der Waals surface area (Å²) in [7, 11) is 0. The minimum absolute atomic E-state index is 0.414. The van der Waals surface area contributed by atoms with Crippen molar-refractivity contribution in [2.75, 3.05) is 6.54 Å². The number of hydrogen-bond donors (Lipinski definition) is 5. The number of alkyl halides is 2. The normalized spacial score (nSPS) is 20.8. The van der Waals surface area contributed by atoms with Gasteiger partial charge in [0.1, 0.15) is 0 Å². The molecule has 0 bridgehead atoms. The molecule has 8 heteroatoms. The van der Waals surface area contributed by atoms with Crippen molar-refractivity contribution in [2.45, 2.75) is 24.8 Å². The van der Waals surface area contributed by atoms with Crippen LogP contribution in [0.5, 0.6) is 0 Å². The van der Waals surface area contributed by atoms with E-state index in [0.29, 0.717) is 0 Å². The highest BCUT2D eigenvalue weighted by Crippen LogP contribution is 2.19. The predicted octanol–water partition coefficient (Wildman–Crippen LogP) is -0.703. The van der Waals surface area contributed by atoms with Crippen LogP contribution >= 0.6 is 0 Å². The molecule has 88 valence electrons. The van der Waals surface area contributed by atoms with Gasteiger partial charge in [-0.15, -0.1) is 0 Å². The molecule has 0 saturated carbocycles. The second-order valence-electron chi connectivity index (χ2n) is 2.74. The SMILES string of the molecule is [3H]C(CNC(=N)N)C([3H])[C@](N)(C(=O)O)C(F)F. The Morgan fingerprint density at radius 3 is 2.60 bits per heavy atom. The van der Waals surface area contributed by atoms with E-state index >= 15 is 0 Å². The molecule has 0 spiro atoms. The fourth-order valence-electron chi connectivity index (χ4n) is 0.660. The molecule has 0 aliphatic heterocycles. The van der Waals surface area contributed by atoms with E-state index in [9.17, 15) is 13.6 Å². The molecule has 0 fully saturated rings. The smallest absolute Gasteiger partial charge is 0.329 e. The molecule has 2 unspecified atom stereocenters. The van der Waals surface area contributed by atoms with Gasteiger partial charge in [-0.3, -0.25) is 5.41 Å². The zero-order valence-corrected chi connectivity index (χ0v) is 7.71. The predicted molar refractivity (Wildman–Crippen MR) is 49.7 cm³/mol. The van der Waals surface area contributed by atoms with Gasteiger partial charge in [0.25, 0.3) is 6.43 Å². The summed E-state index contributed by atoms with van der Waals surface area (Å²) in [5.74, 6) is -2.56. The van der Waals surface area contributed by atoms with Crippen molar-refractivity contribution in [3.63, 3.8) is 0 Å². The summed E-state index contributed by atoms with van der Waals surface area (Å²) in [6.45, 7) is -0.414. The van der Waals surface area contributed by atoms with Crippen LogP contribution in [0.1, 0.15) is 15.5 Å². The number of carboxylic acid groups (broad SMARTS) is 1. The summed E-state index contributed by atoms with van der Waals surface area (Å²) in [4.78, 5) is 10.7. The van der Waals surface area contributed by atoms with Crippen molar-refractivity contribution in [1.29, 1.82) is 5.41 Å². The summed E-state index contributed by atoms with van der Waals surface area (Å²) < 4.78 is 39.7. The van der Waals surface area contributed by atoms with Gasteiger partial charge in [-0.25, -0.2) is 13.6 Å². The maximum absolute atomic E-state index is 12.5. The molecule has 6 nitrogen and oxygen atoms in total. The second-order valence-corrected chi connectivity index (χ2v) is 2.74. The third-order valence-electron chi connectivity index (χ3n) is 1.54. The number of nitrogens with one attached hydrogen (secondary N) is 2. The molecule has 0 aromatic carbocycles. The summed E-state index contributed by atoms with van der Waals surface area (Å²) in [5, 5.41) is 17.5. The van der Waals surface area contributed by atoms with Gasteiger partial charge in [0.2, 0.25) is 0 Å². The molecule has 7 N–H and O–H groups in total. The summed E-state index contributed by atoms with van der Waals surface area (Å²) in [5.41, 5.74) is 6.75. The van der Waals surface area contributed by atoms with E-state index in [0.717, 1.165) is 0 Å². The molecular formula is C7H14F2N4O2. The van der Waals surface area contributed by atoms with Crippen molar-refractivity contribution in [1.82, 2.24) is 5.32 Å². The zero-order chi connectivity index (χ0) is 13.8. The Kier molecular flexibility index (Phi) is 3.66. The molecule has 0 heterocycles. The van der Waals surface area contributed by atoms with Gasteiger partial charge in [-0.05, 0) is 12.8 Å². The first-order chi connectivity index (χ1) is 7.63. The second kappa shape index (κ2) is 5.44. The Labute approximate surface area is 87.9 Å². The van der Waals surface area contributed by atoms with Crippen molar-refractivity contribution in [2.24, 2.45) is 11.5 Å². The number of halogens is 2. The van der Waals surface area contributed by atoms with Crippen LogP contribution in [0.3, 0.4) is 0 Å². The monoisotopic (exact) mass is 228 g/mol. The number of aliphatic carboxylic acids is 1. The molecule has 0 amide bonds. The van der Waals surface area contributed by atoms with Crippen LogP contribution in [0, 0.1) is 5.41 Å². The van der Waals surface area contributed by atoms with E-state index in [4.69, 9.17) is 24.7 Å². The number of rotatable bonds is 6. The molecule has 0 radical (unpaired) electrons. The summed E-state index contributed by atoms with van der Waals surface area (Å²) >= 11 is 0. The lowest BCUT2D eigenvalue weighted by molar-refractivity contribution is -0.150. The lowest BCUT2D eigenvalue weighted by atomic mass is 9.95. The third-order valence-corrected chi connectivity index (χ3v) is 1.54. The molecule has 0 rings (SSSR count). The van der Waals surface area contributed by atoms with Crippen LogP contribution in [0.2, 0.25) is 0 Å². The Morgan fingerprint density at radius 2 is 2.27 bits per heavy atom. The van der Waals surface area contributed by atoms with E-state index in [-0.39, 0.29) is 0 Å². The van der Waals surface area contributed by atoms with Gasteiger partial charge in [-0.1, -0.05) is 0 Å². The van der Waals surface area contributed by atoms with Crippen LogP contribution in [-0.4, -0.2) is 35.5 Å². The van der Waals surface area contributed by atoms with Crippen molar-refractivity contribution < 1.29 is 21.4 Å². The van der Waals surface area contributed by atoms with E-state index in [1.54, 1.807) is 0 Å². The first kappa shape index (κ1) is 10.1.